The number of hydrogen-bond donors (Lipinski definition) is 1. The predicted molar refractivity (Wildman–Crippen MR) is 126 cm³/mol. The summed E-state index contributed by atoms with van der Waals surface area (Å²) in [4.78, 5) is 61.4. The van der Waals surface area contributed by atoms with Crippen molar-refractivity contribution in [2.45, 2.75) is 13.0 Å². The molecule has 0 spiro atoms. The fourth-order valence-corrected chi connectivity index (χ4v) is 4.18. The molecule has 0 aliphatic carbocycles. The zero-order valence-corrected chi connectivity index (χ0v) is 20.7. The first-order chi connectivity index (χ1) is 16.4. The van der Waals surface area contributed by atoms with Gasteiger partial charge >= 0.3 is 5.97 Å². The van der Waals surface area contributed by atoms with Gasteiger partial charge < -0.3 is 14.8 Å². The van der Waals surface area contributed by atoms with Gasteiger partial charge in [-0.2, -0.15) is 0 Å². The Balaban J connectivity index is 1.73. The fraction of sp³-hybridized carbons (Fsp3) is 0.200. The Kier molecular flexibility index (Phi) is 7.75. The molecule has 11 nitrogen and oxygen atoms in total. The predicted octanol–water partition coefficient (Wildman–Crippen LogP) is 4.38. The average molecular weight is 565 g/mol. The maximum atomic E-state index is 12.8. The van der Waals surface area contributed by atoms with Gasteiger partial charge in [-0.05, 0) is 13.0 Å². The lowest BCUT2D eigenvalue weighted by atomic mass is 10.1. The zero-order valence-electron chi connectivity index (χ0n) is 17.7. The molecule has 1 heterocycles. The Morgan fingerprint density at radius 2 is 1.60 bits per heavy atom. The average Bonchev–Trinajstić information content (AvgIpc) is 3.08. The highest BCUT2D eigenvalue weighted by atomic mass is 35.5. The number of amides is 3. The fourth-order valence-electron chi connectivity index (χ4n) is 3.17. The highest BCUT2D eigenvalue weighted by Gasteiger charge is 2.45. The third kappa shape index (κ3) is 4.85. The molecule has 0 radical (unpaired) electrons. The van der Waals surface area contributed by atoms with Crippen molar-refractivity contribution in [2.75, 3.05) is 19.0 Å². The largest absolute Gasteiger partial charge is 0.497 e. The number of nitrogens with zero attached hydrogens (tertiary/aromatic N) is 2. The quantitative estimate of drug-likeness (QED) is 0.130. The lowest BCUT2D eigenvalue weighted by Gasteiger charge is -2.20. The van der Waals surface area contributed by atoms with Crippen LogP contribution < -0.4 is 10.1 Å². The number of methoxy groups -OCH3 is 1. The summed E-state index contributed by atoms with van der Waals surface area (Å²) in [5.74, 6) is -3.74. The number of imide groups is 1. The van der Waals surface area contributed by atoms with Crippen molar-refractivity contribution in [3.05, 3.63) is 59.5 Å². The van der Waals surface area contributed by atoms with Gasteiger partial charge in [-0.3, -0.25) is 29.4 Å². The van der Waals surface area contributed by atoms with Crippen LogP contribution in [0.5, 0.6) is 5.75 Å². The van der Waals surface area contributed by atoms with E-state index in [0.29, 0.717) is 4.90 Å². The second-order valence-electron chi connectivity index (χ2n) is 6.96. The molecule has 1 atom stereocenters. The van der Waals surface area contributed by atoms with E-state index < -0.39 is 47.0 Å². The summed E-state index contributed by atoms with van der Waals surface area (Å²) in [6.07, 6.45) is 0. The molecule has 1 N–H and O–H groups in total. The smallest absolute Gasteiger partial charge is 0.329 e. The highest BCUT2D eigenvalue weighted by Crippen LogP contribution is 2.45. The number of rotatable bonds is 7. The van der Waals surface area contributed by atoms with Gasteiger partial charge in [0.1, 0.15) is 17.5 Å². The first kappa shape index (κ1) is 26.5. The van der Waals surface area contributed by atoms with Gasteiger partial charge in [0.2, 0.25) is 0 Å². The molecule has 0 aromatic heterocycles. The van der Waals surface area contributed by atoms with E-state index in [9.17, 15) is 29.3 Å². The summed E-state index contributed by atoms with van der Waals surface area (Å²) in [5.41, 5.74) is -1.25. The summed E-state index contributed by atoms with van der Waals surface area (Å²) in [6, 6.07) is 2.17. The van der Waals surface area contributed by atoms with Gasteiger partial charge in [-0.1, -0.05) is 46.4 Å². The monoisotopic (exact) mass is 563 g/mol. The lowest BCUT2D eigenvalue weighted by Crippen LogP contribution is -2.44. The number of nitro benzene ring substituents is 1. The molecular weight excluding hydrogens is 552 g/mol. The molecular formula is C20H13Cl4N3O8. The summed E-state index contributed by atoms with van der Waals surface area (Å²) < 4.78 is 9.87. The number of benzene rings is 2. The van der Waals surface area contributed by atoms with Crippen LogP contribution in [-0.2, 0) is 14.3 Å². The molecule has 1 aliphatic rings. The number of carbonyl (C=O) groups excluding carboxylic acids is 4. The summed E-state index contributed by atoms with van der Waals surface area (Å²) in [6.45, 7) is 0.305. The van der Waals surface area contributed by atoms with Crippen molar-refractivity contribution >= 4 is 81.5 Å². The van der Waals surface area contributed by atoms with Crippen LogP contribution in [0.3, 0.4) is 0 Å². The van der Waals surface area contributed by atoms with Crippen molar-refractivity contribution in [3.63, 3.8) is 0 Å². The number of ether oxygens (including phenoxy) is 2. The van der Waals surface area contributed by atoms with Crippen LogP contribution in [0.15, 0.2) is 18.2 Å². The highest BCUT2D eigenvalue weighted by molar-refractivity contribution is 6.55. The van der Waals surface area contributed by atoms with Gasteiger partial charge in [-0.15, -0.1) is 0 Å². The summed E-state index contributed by atoms with van der Waals surface area (Å²) in [7, 11) is 1.33. The van der Waals surface area contributed by atoms with E-state index in [0.717, 1.165) is 6.07 Å². The van der Waals surface area contributed by atoms with Crippen LogP contribution in [0.4, 0.5) is 11.4 Å². The van der Waals surface area contributed by atoms with Crippen LogP contribution >= 0.6 is 46.4 Å². The normalized spacial score (nSPS) is 13.4. The first-order valence-electron chi connectivity index (χ1n) is 9.43. The molecule has 15 heteroatoms. The van der Waals surface area contributed by atoms with Crippen LogP contribution in [0, 0.1) is 10.1 Å². The SMILES string of the molecule is COc1ccc([N+](=O)[O-])c(NC(=O)COC(=O)[C@@H](C)N2C(=O)c3c(Cl)c(Cl)c(Cl)c(Cl)c3C2=O)c1. The molecule has 3 rings (SSSR count). The first-order valence-corrected chi connectivity index (χ1v) is 10.9. The summed E-state index contributed by atoms with van der Waals surface area (Å²) in [5, 5.41) is 12.3. The van der Waals surface area contributed by atoms with Gasteiger partial charge in [0.05, 0.1) is 43.3 Å². The molecule has 2 aromatic rings. The Hall–Kier alpha value is -3.12. The molecule has 2 aromatic carbocycles. The molecule has 0 unspecified atom stereocenters. The minimum Gasteiger partial charge on any atom is -0.497 e. The van der Waals surface area contributed by atoms with E-state index in [1.807, 2.05) is 0 Å². The van der Waals surface area contributed by atoms with Crippen molar-refractivity contribution in [1.82, 2.24) is 4.90 Å². The van der Waals surface area contributed by atoms with Crippen molar-refractivity contribution in [2.24, 2.45) is 0 Å². The minimum atomic E-state index is -1.49. The lowest BCUT2D eigenvalue weighted by molar-refractivity contribution is -0.383. The number of esters is 1. The van der Waals surface area contributed by atoms with Crippen molar-refractivity contribution in [1.29, 1.82) is 0 Å². The maximum Gasteiger partial charge on any atom is 0.329 e. The molecule has 0 bridgehead atoms. The Morgan fingerprint density at radius 1 is 1.06 bits per heavy atom. The number of carbonyl (C=O) groups is 4. The number of hydrogen-bond acceptors (Lipinski definition) is 8. The minimum absolute atomic E-state index is 0.193. The van der Waals surface area contributed by atoms with E-state index in [-0.39, 0.29) is 42.7 Å². The topological polar surface area (TPSA) is 145 Å². The van der Waals surface area contributed by atoms with Crippen molar-refractivity contribution < 1.29 is 33.6 Å². The Morgan fingerprint density at radius 3 is 2.09 bits per heavy atom. The number of nitro groups is 1. The molecule has 184 valence electrons. The molecule has 1 aliphatic heterocycles. The number of fused-ring (bicyclic) bond motifs is 1. The third-order valence-corrected chi connectivity index (χ3v) is 6.68. The van der Waals surface area contributed by atoms with Gasteiger partial charge in [0.15, 0.2) is 6.61 Å². The van der Waals surface area contributed by atoms with Gasteiger partial charge in [0, 0.05) is 12.1 Å². The maximum absolute atomic E-state index is 12.8. The molecule has 0 saturated carbocycles. The van der Waals surface area contributed by atoms with Crippen LogP contribution in [-0.4, -0.2) is 53.3 Å². The molecule has 0 saturated heterocycles. The third-order valence-electron chi connectivity index (χ3n) is 4.88. The summed E-state index contributed by atoms with van der Waals surface area (Å²) >= 11 is 24.0. The van der Waals surface area contributed by atoms with Crippen LogP contribution in [0.1, 0.15) is 27.6 Å². The van der Waals surface area contributed by atoms with Crippen LogP contribution in [0.25, 0.3) is 0 Å². The van der Waals surface area contributed by atoms with Crippen LogP contribution in [0.2, 0.25) is 20.1 Å². The second-order valence-corrected chi connectivity index (χ2v) is 8.47. The van der Waals surface area contributed by atoms with E-state index in [4.69, 9.17) is 55.9 Å². The Labute approximate surface area is 216 Å². The molecule has 35 heavy (non-hydrogen) atoms. The molecule has 0 fully saturated rings. The number of anilines is 1. The zero-order chi connectivity index (χ0) is 26.2. The standard InChI is InChI=1S/C20H13Cl4N3O8/c1-7(26-18(29)12-13(19(26)30)15(22)17(24)16(23)14(12)21)20(31)35-6-11(28)25-9-5-8(34-2)3-4-10(9)27(32)33/h3-5,7H,6H2,1-2H3,(H,25,28)/t7-/m1/s1. The van der Waals surface area contributed by atoms with Gasteiger partial charge in [0.25, 0.3) is 23.4 Å². The number of nitrogens with one attached hydrogen (secondary N) is 1. The van der Waals surface area contributed by atoms with Gasteiger partial charge in [-0.25, -0.2) is 4.79 Å². The van der Waals surface area contributed by atoms with E-state index >= 15 is 0 Å². The van der Waals surface area contributed by atoms with Crippen molar-refractivity contribution in [3.8, 4) is 5.75 Å². The molecule has 3 amide bonds. The van der Waals surface area contributed by atoms with E-state index in [1.54, 1.807) is 0 Å². The Bertz CT molecular complexity index is 1250. The second kappa shape index (κ2) is 10.2. The van der Waals surface area contributed by atoms with E-state index in [1.165, 1.54) is 26.2 Å². The van der Waals surface area contributed by atoms with E-state index in [2.05, 4.69) is 5.32 Å². The number of halogens is 4.